The Morgan fingerprint density at radius 3 is 2.54 bits per heavy atom. The van der Waals surface area contributed by atoms with Gasteiger partial charge in [0, 0.05) is 6.54 Å². The number of nitrogens with one attached hydrogen (secondary N) is 2. The summed E-state index contributed by atoms with van der Waals surface area (Å²) in [7, 11) is 0. The first kappa shape index (κ1) is 9.83. The highest BCUT2D eigenvalue weighted by atomic mass is 16.6. The Morgan fingerprint density at radius 1 is 1.62 bits per heavy atom. The van der Waals surface area contributed by atoms with Gasteiger partial charge in [0.15, 0.2) is 0 Å². The summed E-state index contributed by atoms with van der Waals surface area (Å²) in [6, 6.07) is -0.421. The number of amides is 2. The smallest absolute Gasteiger partial charge is 0.408 e. The molecular weight excluding hydrogens is 172 g/mol. The molecule has 1 heterocycles. The highest BCUT2D eigenvalue weighted by molar-refractivity contribution is 5.90. The molecule has 1 fully saturated rings. The number of β-lactam (4-membered cyclic amide) rings is 1. The first-order chi connectivity index (χ1) is 5.88. The maximum absolute atomic E-state index is 11.1. The summed E-state index contributed by atoms with van der Waals surface area (Å²) < 4.78 is 4.96. The Kier molecular flexibility index (Phi) is 2.45. The number of hydrogen-bond acceptors (Lipinski definition) is 3. The molecule has 1 aliphatic rings. The third-order valence-corrected chi connectivity index (χ3v) is 1.49. The molecule has 0 radical (unpaired) electrons. The Hall–Kier alpha value is -1.26. The average molecular weight is 186 g/mol. The van der Waals surface area contributed by atoms with E-state index in [1.54, 1.807) is 20.8 Å². The Bertz CT molecular complexity index is 232. The van der Waals surface area contributed by atoms with E-state index in [1.807, 2.05) is 0 Å². The van der Waals surface area contributed by atoms with Gasteiger partial charge >= 0.3 is 6.09 Å². The van der Waals surface area contributed by atoms with Crippen molar-refractivity contribution in [2.75, 3.05) is 6.54 Å². The molecule has 1 atom stereocenters. The molecule has 74 valence electrons. The maximum atomic E-state index is 11.1. The molecule has 5 heteroatoms. The van der Waals surface area contributed by atoms with Crippen molar-refractivity contribution in [3.8, 4) is 0 Å². The van der Waals surface area contributed by atoms with Gasteiger partial charge in [0.1, 0.15) is 11.6 Å². The number of rotatable bonds is 1. The van der Waals surface area contributed by atoms with Crippen LogP contribution >= 0.6 is 0 Å². The molecule has 1 saturated heterocycles. The normalized spacial score (nSPS) is 21.5. The fraction of sp³-hybridized carbons (Fsp3) is 0.750. The minimum absolute atomic E-state index is 0.161. The van der Waals surface area contributed by atoms with E-state index in [-0.39, 0.29) is 5.91 Å². The zero-order valence-electron chi connectivity index (χ0n) is 8.01. The van der Waals surface area contributed by atoms with Crippen molar-refractivity contribution >= 4 is 12.0 Å². The zero-order valence-corrected chi connectivity index (χ0v) is 8.01. The monoisotopic (exact) mass is 186 g/mol. The molecule has 0 bridgehead atoms. The van der Waals surface area contributed by atoms with Gasteiger partial charge in [0.05, 0.1) is 0 Å². The second-order valence-electron chi connectivity index (χ2n) is 3.94. The van der Waals surface area contributed by atoms with Crippen LogP contribution in [0.5, 0.6) is 0 Å². The van der Waals surface area contributed by atoms with Crippen LogP contribution in [-0.4, -0.2) is 30.2 Å². The summed E-state index contributed by atoms with van der Waals surface area (Å²) in [5.41, 5.74) is -0.524. The Labute approximate surface area is 76.8 Å². The van der Waals surface area contributed by atoms with Gasteiger partial charge in [-0.25, -0.2) is 4.79 Å². The van der Waals surface area contributed by atoms with Crippen molar-refractivity contribution < 1.29 is 14.3 Å². The van der Waals surface area contributed by atoms with E-state index < -0.39 is 17.7 Å². The van der Waals surface area contributed by atoms with Crippen molar-refractivity contribution in [1.82, 2.24) is 10.6 Å². The summed E-state index contributed by atoms with van der Waals surface area (Å²) >= 11 is 0. The van der Waals surface area contributed by atoms with Gasteiger partial charge in [-0.2, -0.15) is 0 Å². The second kappa shape index (κ2) is 3.24. The molecule has 2 N–H and O–H groups in total. The van der Waals surface area contributed by atoms with Crippen molar-refractivity contribution in [2.24, 2.45) is 0 Å². The summed E-state index contributed by atoms with van der Waals surface area (Å²) in [6.45, 7) is 5.80. The van der Waals surface area contributed by atoms with Crippen LogP contribution in [-0.2, 0) is 9.53 Å². The van der Waals surface area contributed by atoms with Crippen LogP contribution in [0.25, 0.3) is 0 Å². The van der Waals surface area contributed by atoms with Crippen LogP contribution in [0.15, 0.2) is 0 Å². The molecule has 5 nitrogen and oxygen atoms in total. The van der Waals surface area contributed by atoms with E-state index in [4.69, 9.17) is 4.74 Å². The molecular formula is C8H14N2O3. The number of alkyl carbamates (subject to hydrolysis) is 1. The molecule has 0 aromatic rings. The third kappa shape index (κ3) is 2.93. The molecule has 0 unspecified atom stereocenters. The van der Waals surface area contributed by atoms with E-state index in [2.05, 4.69) is 10.6 Å². The van der Waals surface area contributed by atoms with Crippen molar-refractivity contribution in [3.05, 3.63) is 0 Å². The molecule has 2 amide bonds. The molecule has 1 rings (SSSR count). The predicted molar refractivity (Wildman–Crippen MR) is 46.2 cm³/mol. The lowest BCUT2D eigenvalue weighted by molar-refractivity contribution is -0.128. The van der Waals surface area contributed by atoms with Crippen LogP contribution in [0.1, 0.15) is 20.8 Å². The predicted octanol–water partition coefficient (Wildman–Crippen LogP) is 0.00950. The van der Waals surface area contributed by atoms with E-state index in [0.717, 1.165) is 0 Å². The lowest BCUT2D eigenvalue weighted by Gasteiger charge is -2.28. The minimum Gasteiger partial charge on any atom is -0.444 e. The standard InChI is InChI=1S/C8H14N2O3/c1-8(2,3)13-7(12)10-5-4-9-6(5)11/h5H,4H2,1-3H3,(H,9,11)(H,10,12)/t5-/m1/s1. The number of ether oxygens (including phenoxy) is 1. The van der Waals surface area contributed by atoms with E-state index in [0.29, 0.717) is 6.54 Å². The minimum atomic E-state index is -0.549. The Balaban J connectivity index is 2.29. The second-order valence-corrected chi connectivity index (χ2v) is 3.94. The highest BCUT2D eigenvalue weighted by Crippen LogP contribution is 2.07. The lowest BCUT2D eigenvalue weighted by Crippen LogP contribution is -2.62. The van der Waals surface area contributed by atoms with E-state index in [9.17, 15) is 9.59 Å². The molecule has 13 heavy (non-hydrogen) atoms. The van der Waals surface area contributed by atoms with Gasteiger partial charge in [-0.15, -0.1) is 0 Å². The van der Waals surface area contributed by atoms with Crippen LogP contribution in [0.3, 0.4) is 0 Å². The fourth-order valence-electron chi connectivity index (χ4n) is 0.854. The lowest BCUT2D eigenvalue weighted by atomic mass is 10.1. The Morgan fingerprint density at radius 2 is 2.23 bits per heavy atom. The number of carbonyl (C=O) groups excluding carboxylic acids is 2. The largest absolute Gasteiger partial charge is 0.444 e. The van der Waals surface area contributed by atoms with Crippen LogP contribution < -0.4 is 10.6 Å². The quantitative estimate of drug-likeness (QED) is 0.567. The highest BCUT2D eigenvalue weighted by Gasteiger charge is 2.30. The zero-order chi connectivity index (χ0) is 10.1. The summed E-state index contributed by atoms with van der Waals surface area (Å²) in [6.07, 6.45) is -0.549. The van der Waals surface area contributed by atoms with Gasteiger partial charge in [-0.3, -0.25) is 4.79 Å². The van der Waals surface area contributed by atoms with Gasteiger partial charge < -0.3 is 15.4 Å². The number of hydrogen-bond donors (Lipinski definition) is 2. The average Bonchev–Trinajstić information content (AvgIpc) is 1.94. The summed E-state index contributed by atoms with van der Waals surface area (Å²) in [5.74, 6) is -0.161. The maximum Gasteiger partial charge on any atom is 0.408 e. The van der Waals surface area contributed by atoms with Crippen molar-refractivity contribution in [2.45, 2.75) is 32.4 Å². The van der Waals surface area contributed by atoms with Gasteiger partial charge in [-0.1, -0.05) is 0 Å². The molecule has 0 spiro atoms. The van der Waals surface area contributed by atoms with Gasteiger partial charge in [0.25, 0.3) is 0 Å². The van der Waals surface area contributed by atoms with Crippen LogP contribution in [0.2, 0.25) is 0 Å². The number of carbonyl (C=O) groups is 2. The van der Waals surface area contributed by atoms with Crippen LogP contribution in [0.4, 0.5) is 4.79 Å². The van der Waals surface area contributed by atoms with Crippen molar-refractivity contribution in [1.29, 1.82) is 0 Å². The fourth-order valence-corrected chi connectivity index (χ4v) is 0.854. The van der Waals surface area contributed by atoms with E-state index >= 15 is 0 Å². The van der Waals surface area contributed by atoms with E-state index in [1.165, 1.54) is 0 Å². The molecule has 0 aromatic carbocycles. The first-order valence-corrected chi connectivity index (χ1v) is 4.16. The SMILES string of the molecule is CC(C)(C)OC(=O)N[C@@H]1CNC1=O. The third-order valence-electron chi connectivity index (χ3n) is 1.49. The molecule has 0 saturated carbocycles. The van der Waals surface area contributed by atoms with Crippen molar-refractivity contribution in [3.63, 3.8) is 0 Å². The summed E-state index contributed by atoms with van der Waals surface area (Å²) in [5, 5.41) is 4.97. The molecule has 0 aliphatic carbocycles. The topological polar surface area (TPSA) is 67.4 Å². The van der Waals surface area contributed by atoms with Gasteiger partial charge in [0.2, 0.25) is 5.91 Å². The molecule has 1 aliphatic heterocycles. The van der Waals surface area contributed by atoms with Gasteiger partial charge in [-0.05, 0) is 20.8 Å². The molecule has 0 aromatic heterocycles. The van der Waals surface area contributed by atoms with Crippen LogP contribution in [0, 0.1) is 0 Å². The summed E-state index contributed by atoms with van der Waals surface area (Å²) in [4.78, 5) is 21.8. The first-order valence-electron chi connectivity index (χ1n) is 4.16.